The molecule has 5 heteroatoms. The van der Waals surface area contributed by atoms with Crippen LogP contribution in [0.15, 0.2) is 6.33 Å². The van der Waals surface area contributed by atoms with E-state index in [1.807, 2.05) is 6.92 Å². The standard InChI is InChI=1S/C12H18ClN3O/c1-9-11(13)14-8-15-12(9)16-6-2-4-10(16)5-3-7-17/h8,10,17H,2-7H2,1H3. The molecular weight excluding hydrogens is 238 g/mol. The summed E-state index contributed by atoms with van der Waals surface area (Å²) in [5, 5.41) is 9.45. The Bertz CT molecular complexity index is 386. The van der Waals surface area contributed by atoms with Gasteiger partial charge in [0.05, 0.1) is 0 Å². The summed E-state index contributed by atoms with van der Waals surface area (Å²) < 4.78 is 0. The molecule has 1 aromatic rings. The van der Waals surface area contributed by atoms with E-state index in [0.717, 1.165) is 30.8 Å². The van der Waals surface area contributed by atoms with Gasteiger partial charge in [0, 0.05) is 24.8 Å². The molecule has 0 amide bonds. The van der Waals surface area contributed by atoms with Crippen molar-refractivity contribution < 1.29 is 5.11 Å². The summed E-state index contributed by atoms with van der Waals surface area (Å²) in [6, 6.07) is 0.479. The van der Waals surface area contributed by atoms with Gasteiger partial charge in [-0.15, -0.1) is 0 Å². The highest BCUT2D eigenvalue weighted by atomic mass is 35.5. The molecule has 1 aromatic heterocycles. The molecule has 1 atom stereocenters. The predicted molar refractivity (Wildman–Crippen MR) is 68.5 cm³/mol. The number of aromatic nitrogens is 2. The van der Waals surface area contributed by atoms with Crippen molar-refractivity contribution in [3.05, 3.63) is 17.0 Å². The number of halogens is 1. The maximum Gasteiger partial charge on any atom is 0.137 e. The molecule has 0 spiro atoms. The predicted octanol–water partition coefficient (Wildman–Crippen LogP) is 2.18. The fourth-order valence-corrected chi connectivity index (χ4v) is 2.58. The monoisotopic (exact) mass is 255 g/mol. The van der Waals surface area contributed by atoms with Gasteiger partial charge in [0.1, 0.15) is 17.3 Å². The maximum atomic E-state index is 8.92. The molecule has 1 saturated heterocycles. The number of hydrogen-bond donors (Lipinski definition) is 1. The summed E-state index contributed by atoms with van der Waals surface area (Å²) in [6.45, 7) is 3.23. The number of aliphatic hydroxyl groups is 1. The molecule has 1 N–H and O–H groups in total. The lowest BCUT2D eigenvalue weighted by Crippen LogP contribution is -2.30. The second-order valence-corrected chi connectivity index (χ2v) is 4.83. The minimum absolute atomic E-state index is 0.258. The second-order valence-electron chi connectivity index (χ2n) is 4.47. The Hall–Kier alpha value is -0.870. The van der Waals surface area contributed by atoms with Crippen molar-refractivity contribution in [2.45, 2.75) is 38.6 Å². The smallest absolute Gasteiger partial charge is 0.137 e. The Kier molecular flexibility index (Phi) is 4.18. The van der Waals surface area contributed by atoms with Crippen LogP contribution in [0.2, 0.25) is 5.15 Å². The van der Waals surface area contributed by atoms with Crippen LogP contribution in [0.3, 0.4) is 0 Å². The summed E-state index contributed by atoms with van der Waals surface area (Å²) in [6.07, 6.45) is 5.72. The zero-order valence-electron chi connectivity index (χ0n) is 10.1. The van der Waals surface area contributed by atoms with Gasteiger partial charge in [0.25, 0.3) is 0 Å². The van der Waals surface area contributed by atoms with E-state index in [2.05, 4.69) is 14.9 Å². The van der Waals surface area contributed by atoms with Gasteiger partial charge in [-0.25, -0.2) is 9.97 Å². The van der Waals surface area contributed by atoms with E-state index in [4.69, 9.17) is 16.7 Å². The summed E-state index contributed by atoms with van der Waals surface area (Å²) in [5.74, 6) is 0.949. The SMILES string of the molecule is Cc1c(Cl)ncnc1N1CCCC1CCCO. The highest BCUT2D eigenvalue weighted by molar-refractivity contribution is 6.30. The van der Waals surface area contributed by atoms with Crippen molar-refractivity contribution in [2.24, 2.45) is 0 Å². The topological polar surface area (TPSA) is 49.2 Å². The van der Waals surface area contributed by atoms with Gasteiger partial charge in [-0.1, -0.05) is 11.6 Å². The number of nitrogens with zero attached hydrogens (tertiary/aromatic N) is 3. The molecular formula is C12H18ClN3O. The van der Waals surface area contributed by atoms with E-state index >= 15 is 0 Å². The molecule has 1 aliphatic heterocycles. The third-order valence-corrected chi connectivity index (χ3v) is 3.72. The van der Waals surface area contributed by atoms with Crippen LogP contribution in [0.25, 0.3) is 0 Å². The summed E-state index contributed by atoms with van der Waals surface area (Å²) in [4.78, 5) is 10.6. The molecule has 94 valence electrons. The average molecular weight is 256 g/mol. The first-order valence-corrected chi connectivity index (χ1v) is 6.46. The first-order chi connectivity index (χ1) is 8.24. The Balaban J connectivity index is 2.17. The van der Waals surface area contributed by atoms with Crippen molar-refractivity contribution in [1.82, 2.24) is 9.97 Å². The van der Waals surface area contributed by atoms with Gasteiger partial charge in [-0.05, 0) is 32.6 Å². The van der Waals surface area contributed by atoms with E-state index < -0.39 is 0 Å². The molecule has 0 radical (unpaired) electrons. The van der Waals surface area contributed by atoms with E-state index in [9.17, 15) is 0 Å². The van der Waals surface area contributed by atoms with Gasteiger partial charge in [0.15, 0.2) is 0 Å². The molecule has 1 fully saturated rings. The molecule has 2 rings (SSSR count). The van der Waals surface area contributed by atoms with Crippen molar-refractivity contribution >= 4 is 17.4 Å². The molecule has 0 aliphatic carbocycles. The molecule has 17 heavy (non-hydrogen) atoms. The van der Waals surface area contributed by atoms with Crippen LogP contribution in [0.1, 0.15) is 31.2 Å². The fraction of sp³-hybridized carbons (Fsp3) is 0.667. The third kappa shape index (κ3) is 2.69. The molecule has 0 bridgehead atoms. The van der Waals surface area contributed by atoms with Crippen LogP contribution >= 0.6 is 11.6 Å². The number of hydrogen-bond acceptors (Lipinski definition) is 4. The van der Waals surface area contributed by atoms with E-state index in [-0.39, 0.29) is 6.61 Å². The second kappa shape index (κ2) is 5.65. The summed E-state index contributed by atoms with van der Waals surface area (Å²) in [7, 11) is 0. The minimum Gasteiger partial charge on any atom is -0.396 e. The highest BCUT2D eigenvalue weighted by Gasteiger charge is 2.26. The van der Waals surface area contributed by atoms with Gasteiger partial charge >= 0.3 is 0 Å². The van der Waals surface area contributed by atoms with Crippen LogP contribution in [0.5, 0.6) is 0 Å². The van der Waals surface area contributed by atoms with Crippen molar-refractivity contribution in [3.63, 3.8) is 0 Å². The van der Waals surface area contributed by atoms with E-state index in [1.165, 1.54) is 19.2 Å². The van der Waals surface area contributed by atoms with Crippen LogP contribution in [0, 0.1) is 6.92 Å². The van der Waals surface area contributed by atoms with Gasteiger partial charge in [0.2, 0.25) is 0 Å². The molecule has 4 nitrogen and oxygen atoms in total. The molecule has 1 unspecified atom stereocenters. The molecule has 0 aromatic carbocycles. The summed E-state index contributed by atoms with van der Waals surface area (Å²) in [5.41, 5.74) is 0.949. The number of aliphatic hydroxyl groups excluding tert-OH is 1. The van der Waals surface area contributed by atoms with Crippen LogP contribution in [0.4, 0.5) is 5.82 Å². The molecule has 1 aliphatic rings. The molecule has 2 heterocycles. The van der Waals surface area contributed by atoms with Crippen molar-refractivity contribution in [3.8, 4) is 0 Å². The minimum atomic E-state index is 0.258. The zero-order valence-corrected chi connectivity index (χ0v) is 10.8. The lowest BCUT2D eigenvalue weighted by atomic mass is 10.1. The largest absolute Gasteiger partial charge is 0.396 e. The Labute approximate surface area is 107 Å². The van der Waals surface area contributed by atoms with E-state index in [1.54, 1.807) is 0 Å². The third-order valence-electron chi connectivity index (χ3n) is 3.34. The Morgan fingerprint density at radius 3 is 3.12 bits per heavy atom. The van der Waals surface area contributed by atoms with Crippen LogP contribution in [-0.4, -0.2) is 34.3 Å². The van der Waals surface area contributed by atoms with Crippen LogP contribution in [-0.2, 0) is 0 Å². The normalized spacial score (nSPS) is 19.9. The zero-order chi connectivity index (χ0) is 12.3. The first-order valence-electron chi connectivity index (χ1n) is 6.08. The van der Waals surface area contributed by atoms with E-state index in [0.29, 0.717) is 11.2 Å². The Morgan fingerprint density at radius 1 is 1.53 bits per heavy atom. The molecule has 0 saturated carbocycles. The number of anilines is 1. The highest BCUT2D eigenvalue weighted by Crippen LogP contribution is 2.30. The van der Waals surface area contributed by atoms with Crippen molar-refractivity contribution in [2.75, 3.05) is 18.1 Å². The van der Waals surface area contributed by atoms with Gasteiger partial charge in [-0.2, -0.15) is 0 Å². The lowest BCUT2D eigenvalue weighted by Gasteiger charge is -2.27. The van der Waals surface area contributed by atoms with Gasteiger partial charge < -0.3 is 10.0 Å². The average Bonchev–Trinajstić information content (AvgIpc) is 2.78. The quantitative estimate of drug-likeness (QED) is 0.838. The van der Waals surface area contributed by atoms with Gasteiger partial charge in [-0.3, -0.25) is 0 Å². The van der Waals surface area contributed by atoms with Crippen LogP contribution < -0.4 is 4.90 Å². The Morgan fingerprint density at radius 2 is 2.35 bits per heavy atom. The lowest BCUT2D eigenvalue weighted by molar-refractivity contribution is 0.279. The summed E-state index contributed by atoms with van der Waals surface area (Å²) >= 11 is 6.03. The fourth-order valence-electron chi connectivity index (χ4n) is 2.45. The van der Waals surface area contributed by atoms with Crippen molar-refractivity contribution in [1.29, 1.82) is 0 Å². The first kappa shape index (κ1) is 12.6. The maximum absolute atomic E-state index is 8.92. The number of rotatable bonds is 4.